The van der Waals surface area contributed by atoms with Crippen LogP contribution in [-0.4, -0.2) is 51.9 Å². The van der Waals surface area contributed by atoms with Crippen molar-refractivity contribution in [3.05, 3.63) is 78.1 Å². The van der Waals surface area contributed by atoms with Crippen molar-refractivity contribution < 1.29 is 9.59 Å². The van der Waals surface area contributed by atoms with Gasteiger partial charge in [0.05, 0.1) is 6.54 Å². The fraction of sp³-hybridized carbons (Fsp3) is 0.227. The molecule has 2 aromatic carbocycles. The number of imide groups is 1. The molecule has 3 amide bonds. The number of carbonyl (C=O) groups excluding carboxylic acids is 2. The summed E-state index contributed by atoms with van der Waals surface area (Å²) in [5, 5.41) is 0. The number of guanidine groups is 1. The minimum Gasteiger partial charge on any atom is -0.302 e. The van der Waals surface area contributed by atoms with Gasteiger partial charge in [0, 0.05) is 24.6 Å². The molecule has 0 radical (unpaired) electrons. The number of amides is 3. The summed E-state index contributed by atoms with van der Waals surface area (Å²) in [6.45, 7) is 2.24. The summed E-state index contributed by atoms with van der Waals surface area (Å²) >= 11 is 0. The van der Waals surface area contributed by atoms with Crippen LogP contribution in [0.5, 0.6) is 0 Å². The molecule has 0 aromatic heterocycles. The summed E-state index contributed by atoms with van der Waals surface area (Å²) in [5.41, 5.74) is 2.87. The molecule has 0 aliphatic carbocycles. The number of allylic oxidation sites excluding steroid dienone is 1. The SMILES string of the molecule is CC1=CN2C(=NC3C2C(=O)N(Cc2ccccc2)C(=O)N3C)N1c1ccccc1. The predicted molar refractivity (Wildman–Crippen MR) is 110 cm³/mol. The number of hydrogen-bond donors (Lipinski definition) is 0. The van der Waals surface area contributed by atoms with Crippen molar-refractivity contribution in [3.63, 3.8) is 0 Å². The molecule has 3 aliphatic heterocycles. The molecule has 1 fully saturated rings. The van der Waals surface area contributed by atoms with E-state index in [9.17, 15) is 9.59 Å². The van der Waals surface area contributed by atoms with E-state index in [-0.39, 0.29) is 18.5 Å². The van der Waals surface area contributed by atoms with Crippen LogP contribution in [0.1, 0.15) is 12.5 Å². The Balaban J connectivity index is 1.49. The third kappa shape index (κ3) is 2.61. The number of para-hydroxylation sites is 1. The molecule has 0 saturated carbocycles. The van der Waals surface area contributed by atoms with Gasteiger partial charge in [0.2, 0.25) is 5.96 Å². The highest BCUT2D eigenvalue weighted by molar-refractivity contribution is 6.09. The summed E-state index contributed by atoms with van der Waals surface area (Å²) in [4.78, 5) is 37.9. The fourth-order valence-electron chi connectivity index (χ4n) is 4.16. The molecule has 2 atom stereocenters. The molecule has 1 saturated heterocycles. The van der Waals surface area contributed by atoms with Crippen molar-refractivity contribution in [1.29, 1.82) is 0 Å². The largest absolute Gasteiger partial charge is 0.328 e. The average Bonchev–Trinajstić information content (AvgIpc) is 3.25. The standard InChI is InChI=1S/C22H21N5O2/c1-15-13-25-18-19(23-21(25)27(15)17-11-7-4-8-12-17)24(2)22(29)26(20(18)28)14-16-9-5-3-6-10-16/h3-13,18-19H,14H2,1-2H3. The Hall–Kier alpha value is -3.61. The van der Waals surface area contributed by atoms with Gasteiger partial charge in [-0.1, -0.05) is 48.5 Å². The summed E-state index contributed by atoms with van der Waals surface area (Å²) in [5.74, 6) is 0.456. The van der Waals surface area contributed by atoms with Crippen LogP contribution in [0.25, 0.3) is 0 Å². The second-order valence-electron chi connectivity index (χ2n) is 7.44. The number of rotatable bonds is 3. The van der Waals surface area contributed by atoms with Gasteiger partial charge in [0.25, 0.3) is 5.91 Å². The number of likely N-dealkylation sites (N-methyl/N-ethyl adjacent to an activating group) is 1. The lowest BCUT2D eigenvalue weighted by atomic mass is 10.1. The zero-order valence-corrected chi connectivity index (χ0v) is 16.3. The number of hydrogen-bond acceptors (Lipinski definition) is 5. The first-order valence-electron chi connectivity index (χ1n) is 9.58. The van der Waals surface area contributed by atoms with Crippen LogP contribution in [0.3, 0.4) is 0 Å². The molecular weight excluding hydrogens is 366 g/mol. The fourth-order valence-corrected chi connectivity index (χ4v) is 4.16. The number of carbonyl (C=O) groups is 2. The summed E-state index contributed by atoms with van der Waals surface area (Å²) in [6, 6.07) is 18.6. The van der Waals surface area contributed by atoms with E-state index in [1.165, 1.54) is 4.90 Å². The lowest BCUT2D eigenvalue weighted by Gasteiger charge is -2.40. The van der Waals surface area contributed by atoms with E-state index < -0.39 is 12.2 Å². The second kappa shape index (κ2) is 6.48. The van der Waals surface area contributed by atoms with Crippen molar-refractivity contribution in [2.75, 3.05) is 11.9 Å². The average molecular weight is 387 g/mol. The predicted octanol–water partition coefficient (Wildman–Crippen LogP) is 2.83. The Kier molecular flexibility index (Phi) is 3.91. The number of aliphatic imine (C=N–C) groups is 1. The summed E-state index contributed by atoms with van der Waals surface area (Å²) in [7, 11) is 1.71. The number of benzene rings is 2. The van der Waals surface area contributed by atoms with Crippen molar-refractivity contribution in [3.8, 4) is 0 Å². The minimum atomic E-state index is -0.555. The normalized spacial score (nSPS) is 23.2. The molecule has 0 N–H and O–H groups in total. The molecule has 0 spiro atoms. The van der Waals surface area contributed by atoms with Crippen molar-refractivity contribution in [2.24, 2.45) is 4.99 Å². The first-order valence-corrected chi connectivity index (χ1v) is 9.58. The first kappa shape index (κ1) is 17.5. The maximum atomic E-state index is 13.4. The van der Waals surface area contributed by atoms with Crippen LogP contribution < -0.4 is 4.90 Å². The van der Waals surface area contributed by atoms with Crippen LogP contribution in [0, 0.1) is 0 Å². The van der Waals surface area contributed by atoms with E-state index in [2.05, 4.69) is 0 Å². The van der Waals surface area contributed by atoms with Crippen LogP contribution in [-0.2, 0) is 11.3 Å². The topological polar surface area (TPSA) is 59.5 Å². The minimum absolute atomic E-state index is 0.223. The van der Waals surface area contributed by atoms with E-state index in [4.69, 9.17) is 4.99 Å². The maximum Gasteiger partial charge on any atom is 0.328 e. The molecule has 29 heavy (non-hydrogen) atoms. The summed E-state index contributed by atoms with van der Waals surface area (Å²) in [6.07, 6.45) is 1.41. The van der Waals surface area contributed by atoms with Gasteiger partial charge in [0.15, 0.2) is 12.2 Å². The van der Waals surface area contributed by atoms with Crippen LogP contribution in [0.4, 0.5) is 10.5 Å². The third-order valence-electron chi connectivity index (χ3n) is 5.59. The van der Waals surface area contributed by atoms with E-state index >= 15 is 0 Å². The van der Waals surface area contributed by atoms with Crippen molar-refractivity contribution >= 4 is 23.6 Å². The van der Waals surface area contributed by atoms with E-state index in [1.807, 2.05) is 83.6 Å². The van der Waals surface area contributed by atoms with E-state index in [0.29, 0.717) is 5.96 Å². The quantitative estimate of drug-likeness (QED) is 0.813. The lowest BCUT2D eigenvalue weighted by Crippen LogP contribution is -2.63. The zero-order valence-electron chi connectivity index (χ0n) is 16.3. The van der Waals surface area contributed by atoms with Gasteiger partial charge >= 0.3 is 6.03 Å². The number of anilines is 1. The molecule has 7 nitrogen and oxygen atoms in total. The lowest BCUT2D eigenvalue weighted by molar-refractivity contribution is -0.137. The van der Waals surface area contributed by atoms with Gasteiger partial charge in [-0.25, -0.2) is 9.79 Å². The second-order valence-corrected chi connectivity index (χ2v) is 7.44. The Morgan fingerprint density at radius 3 is 2.31 bits per heavy atom. The van der Waals surface area contributed by atoms with E-state index in [1.54, 1.807) is 11.9 Å². The first-order chi connectivity index (χ1) is 14.1. The monoisotopic (exact) mass is 387 g/mol. The zero-order chi connectivity index (χ0) is 20.1. The smallest absolute Gasteiger partial charge is 0.302 e. The molecule has 146 valence electrons. The maximum absolute atomic E-state index is 13.4. The Bertz CT molecular complexity index is 1030. The van der Waals surface area contributed by atoms with Gasteiger partial charge < -0.3 is 9.80 Å². The Morgan fingerprint density at radius 2 is 1.62 bits per heavy atom. The molecule has 3 aliphatic rings. The number of fused-ring (bicyclic) bond motifs is 3. The van der Waals surface area contributed by atoms with E-state index in [0.717, 1.165) is 16.9 Å². The van der Waals surface area contributed by atoms with Crippen molar-refractivity contribution in [1.82, 2.24) is 14.7 Å². The third-order valence-corrected chi connectivity index (χ3v) is 5.59. The van der Waals surface area contributed by atoms with Gasteiger partial charge in [-0.3, -0.25) is 14.6 Å². The van der Waals surface area contributed by atoms with Crippen LogP contribution in [0.2, 0.25) is 0 Å². The molecular formula is C22H21N5O2. The Morgan fingerprint density at radius 1 is 0.966 bits per heavy atom. The number of nitrogens with zero attached hydrogens (tertiary/aromatic N) is 5. The molecule has 0 bridgehead atoms. The number of urea groups is 1. The van der Waals surface area contributed by atoms with Crippen LogP contribution >= 0.6 is 0 Å². The van der Waals surface area contributed by atoms with Gasteiger partial charge in [-0.2, -0.15) is 0 Å². The highest BCUT2D eigenvalue weighted by Gasteiger charge is 2.54. The molecule has 5 rings (SSSR count). The van der Waals surface area contributed by atoms with Gasteiger partial charge in [0.1, 0.15) is 0 Å². The highest BCUT2D eigenvalue weighted by Crippen LogP contribution is 2.36. The van der Waals surface area contributed by atoms with Gasteiger partial charge in [-0.05, 0) is 24.6 Å². The van der Waals surface area contributed by atoms with Gasteiger partial charge in [-0.15, -0.1) is 0 Å². The highest BCUT2D eigenvalue weighted by atomic mass is 16.2. The van der Waals surface area contributed by atoms with Crippen molar-refractivity contribution in [2.45, 2.75) is 25.7 Å². The molecule has 7 heteroatoms. The molecule has 2 unspecified atom stereocenters. The summed E-state index contributed by atoms with van der Waals surface area (Å²) < 4.78 is 0. The van der Waals surface area contributed by atoms with Crippen LogP contribution in [0.15, 0.2) is 77.6 Å². The Labute approximate surface area is 169 Å². The molecule has 3 heterocycles. The molecule has 2 aromatic rings.